The van der Waals surface area contributed by atoms with Crippen LogP contribution in [0.15, 0.2) is 24.4 Å². The van der Waals surface area contributed by atoms with E-state index >= 15 is 0 Å². The second-order valence-corrected chi connectivity index (χ2v) is 4.00. The van der Waals surface area contributed by atoms with Crippen molar-refractivity contribution in [3.63, 3.8) is 0 Å². The van der Waals surface area contributed by atoms with Gasteiger partial charge in [0, 0.05) is 19.2 Å². The first-order chi connectivity index (χ1) is 8.27. The maximum absolute atomic E-state index is 11.2. The highest BCUT2D eigenvalue weighted by molar-refractivity contribution is 5.92. The van der Waals surface area contributed by atoms with Crippen LogP contribution in [0, 0.1) is 0 Å². The normalized spacial score (nSPS) is 13.6. The summed E-state index contributed by atoms with van der Waals surface area (Å²) in [5.41, 5.74) is 1.41. The summed E-state index contributed by atoms with van der Waals surface area (Å²) in [7, 11) is 0. The second-order valence-electron chi connectivity index (χ2n) is 4.00. The van der Waals surface area contributed by atoms with Gasteiger partial charge in [-0.05, 0) is 18.6 Å². The molecule has 0 fully saturated rings. The number of hydrogen-bond donors (Lipinski definition) is 1. The second kappa shape index (κ2) is 3.69. The van der Waals surface area contributed by atoms with Crippen LogP contribution in [0.3, 0.4) is 0 Å². The quantitative estimate of drug-likeness (QED) is 0.849. The standard InChI is InChI=1S/C12H11N3O2/c16-12(17)10-11(8-4-1-2-6-13-8)15-7-3-5-9(15)14-10/h1-2,4,6H,3,5,7H2,(H,16,17). The topological polar surface area (TPSA) is 68.0 Å². The molecule has 1 N–H and O–H groups in total. The van der Waals surface area contributed by atoms with Crippen molar-refractivity contribution in [3.8, 4) is 11.4 Å². The number of aromatic carboxylic acids is 1. The summed E-state index contributed by atoms with van der Waals surface area (Å²) in [6.45, 7) is 0.821. The molecule has 0 saturated heterocycles. The van der Waals surface area contributed by atoms with Crippen molar-refractivity contribution in [1.29, 1.82) is 0 Å². The van der Waals surface area contributed by atoms with Gasteiger partial charge in [-0.1, -0.05) is 6.07 Å². The number of carboxylic acids is 1. The Labute approximate surface area is 97.8 Å². The molecule has 0 aromatic carbocycles. The first-order valence-corrected chi connectivity index (χ1v) is 5.51. The number of rotatable bonds is 2. The van der Waals surface area contributed by atoms with E-state index in [4.69, 9.17) is 0 Å². The lowest BCUT2D eigenvalue weighted by molar-refractivity contribution is 0.0691. The van der Waals surface area contributed by atoms with Gasteiger partial charge in [-0.3, -0.25) is 4.98 Å². The van der Waals surface area contributed by atoms with Crippen LogP contribution in [0.5, 0.6) is 0 Å². The molecule has 0 bridgehead atoms. The number of carbonyl (C=O) groups is 1. The van der Waals surface area contributed by atoms with E-state index in [2.05, 4.69) is 9.97 Å². The van der Waals surface area contributed by atoms with Crippen LogP contribution in [-0.4, -0.2) is 25.6 Å². The zero-order valence-corrected chi connectivity index (χ0v) is 9.13. The molecule has 3 rings (SSSR count). The Morgan fingerprint density at radius 2 is 2.29 bits per heavy atom. The van der Waals surface area contributed by atoms with Gasteiger partial charge in [0.1, 0.15) is 11.5 Å². The lowest BCUT2D eigenvalue weighted by Crippen LogP contribution is -2.03. The summed E-state index contributed by atoms with van der Waals surface area (Å²) < 4.78 is 1.96. The molecule has 2 aromatic rings. The molecule has 3 heterocycles. The van der Waals surface area contributed by atoms with Gasteiger partial charge >= 0.3 is 5.97 Å². The number of pyridine rings is 1. The molecule has 0 amide bonds. The van der Waals surface area contributed by atoms with E-state index < -0.39 is 5.97 Å². The molecule has 1 aliphatic rings. The smallest absolute Gasteiger partial charge is 0.356 e. The van der Waals surface area contributed by atoms with Crippen LogP contribution < -0.4 is 0 Å². The molecule has 86 valence electrons. The zero-order chi connectivity index (χ0) is 11.8. The number of imidazole rings is 1. The van der Waals surface area contributed by atoms with E-state index in [-0.39, 0.29) is 5.69 Å². The molecule has 2 aromatic heterocycles. The minimum Gasteiger partial charge on any atom is -0.476 e. The number of carboxylic acid groups (broad SMARTS) is 1. The van der Waals surface area contributed by atoms with Crippen molar-refractivity contribution in [1.82, 2.24) is 14.5 Å². The van der Waals surface area contributed by atoms with Gasteiger partial charge < -0.3 is 9.67 Å². The van der Waals surface area contributed by atoms with E-state index in [9.17, 15) is 9.90 Å². The van der Waals surface area contributed by atoms with Gasteiger partial charge in [-0.25, -0.2) is 9.78 Å². The van der Waals surface area contributed by atoms with Crippen LogP contribution >= 0.6 is 0 Å². The van der Waals surface area contributed by atoms with E-state index in [1.54, 1.807) is 6.20 Å². The van der Waals surface area contributed by atoms with Crippen LogP contribution in [0.2, 0.25) is 0 Å². The Balaban J connectivity index is 2.24. The SMILES string of the molecule is O=C(O)c1nc2n(c1-c1ccccn1)CCC2. The van der Waals surface area contributed by atoms with Gasteiger partial charge in [-0.15, -0.1) is 0 Å². The van der Waals surface area contributed by atoms with Crippen LogP contribution in [0.4, 0.5) is 0 Å². The Kier molecular flexibility index (Phi) is 2.18. The number of hydrogen-bond acceptors (Lipinski definition) is 3. The maximum Gasteiger partial charge on any atom is 0.356 e. The molecule has 5 heteroatoms. The predicted molar refractivity (Wildman–Crippen MR) is 60.7 cm³/mol. The Hall–Kier alpha value is -2.17. The number of aromatic nitrogens is 3. The summed E-state index contributed by atoms with van der Waals surface area (Å²) in [5.74, 6) is -0.143. The Morgan fingerprint density at radius 3 is 3.00 bits per heavy atom. The number of aryl methyl sites for hydroxylation is 1. The van der Waals surface area contributed by atoms with Crippen molar-refractivity contribution >= 4 is 5.97 Å². The van der Waals surface area contributed by atoms with E-state index in [0.29, 0.717) is 11.4 Å². The Morgan fingerprint density at radius 1 is 1.41 bits per heavy atom. The first-order valence-electron chi connectivity index (χ1n) is 5.51. The molecular weight excluding hydrogens is 218 g/mol. The van der Waals surface area contributed by atoms with E-state index in [0.717, 1.165) is 25.2 Å². The summed E-state index contributed by atoms with van der Waals surface area (Å²) in [5, 5.41) is 9.18. The van der Waals surface area contributed by atoms with Gasteiger partial charge in [0.25, 0.3) is 0 Å². The van der Waals surface area contributed by atoms with E-state index in [1.807, 2.05) is 22.8 Å². The number of fused-ring (bicyclic) bond motifs is 1. The molecule has 0 radical (unpaired) electrons. The van der Waals surface area contributed by atoms with Crippen molar-refractivity contribution < 1.29 is 9.90 Å². The zero-order valence-electron chi connectivity index (χ0n) is 9.13. The molecular formula is C12H11N3O2. The maximum atomic E-state index is 11.2. The highest BCUT2D eigenvalue weighted by atomic mass is 16.4. The van der Waals surface area contributed by atoms with Crippen LogP contribution in [-0.2, 0) is 13.0 Å². The third kappa shape index (κ3) is 1.51. The van der Waals surface area contributed by atoms with Gasteiger partial charge in [0.15, 0.2) is 5.69 Å². The summed E-state index contributed by atoms with van der Waals surface area (Å²) in [4.78, 5) is 19.6. The van der Waals surface area contributed by atoms with Crippen molar-refractivity contribution in [2.45, 2.75) is 19.4 Å². The third-order valence-electron chi connectivity index (χ3n) is 2.94. The molecule has 0 aliphatic carbocycles. The first kappa shape index (κ1) is 10.0. The van der Waals surface area contributed by atoms with Crippen LogP contribution in [0.25, 0.3) is 11.4 Å². The fraction of sp³-hybridized carbons (Fsp3) is 0.250. The minimum absolute atomic E-state index is 0.110. The summed E-state index contributed by atoms with van der Waals surface area (Å²) in [6.07, 6.45) is 3.52. The van der Waals surface area contributed by atoms with Gasteiger partial charge in [0.2, 0.25) is 0 Å². The fourth-order valence-electron chi connectivity index (χ4n) is 2.24. The summed E-state index contributed by atoms with van der Waals surface area (Å²) >= 11 is 0. The summed E-state index contributed by atoms with van der Waals surface area (Å²) in [6, 6.07) is 5.48. The largest absolute Gasteiger partial charge is 0.476 e. The molecule has 17 heavy (non-hydrogen) atoms. The monoisotopic (exact) mass is 229 g/mol. The third-order valence-corrected chi connectivity index (χ3v) is 2.94. The number of nitrogens with zero attached hydrogens (tertiary/aromatic N) is 3. The van der Waals surface area contributed by atoms with Gasteiger partial charge in [0.05, 0.1) is 5.69 Å². The lowest BCUT2D eigenvalue weighted by atomic mass is 10.2. The molecule has 1 aliphatic heterocycles. The highest BCUT2D eigenvalue weighted by Gasteiger charge is 2.26. The van der Waals surface area contributed by atoms with Crippen LogP contribution in [0.1, 0.15) is 22.7 Å². The average molecular weight is 229 g/mol. The predicted octanol–water partition coefficient (Wildman–Crippen LogP) is 1.59. The van der Waals surface area contributed by atoms with E-state index in [1.165, 1.54) is 0 Å². The van der Waals surface area contributed by atoms with Crippen molar-refractivity contribution in [3.05, 3.63) is 35.9 Å². The fourth-order valence-corrected chi connectivity index (χ4v) is 2.24. The molecule has 5 nitrogen and oxygen atoms in total. The minimum atomic E-state index is -0.993. The lowest BCUT2D eigenvalue weighted by Gasteiger charge is -2.04. The van der Waals surface area contributed by atoms with Crippen molar-refractivity contribution in [2.24, 2.45) is 0 Å². The van der Waals surface area contributed by atoms with Crippen molar-refractivity contribution in [2.75, 3.05) is 0 Å². The molecule has 0 spiro atoms. The van der Waals surface area contributed by atoms with Gasteiger partial charge in [-0.2, -0.15) is 0 Å². The highest BCUT2D eigenvalue weighted by Crippen LogP contribution is 2.27. The Bertz CT molecular complexity index is 575. The molecule has 0 atom stereocenters. The molecule has 0 saturated carbocycles. The average Bonchev–Trinajstić information content (AvgIpc) is 2.89. The molecule has 0 unspecified atom stereocenters.